The van der Waals surface area contributed by atoms with Gasteiger partial charge in [-0.3, -0.25) is 4.79 Å². The van der Waals surface area contributed by atoms with Gasteiger partial charge < -0.3 is 10.5 Å². The van der Waals surface area contributed by atoms with Crippen LogP contribution in [0.4, 0.5) is 4.39 Å². The molecule has 1 rings (SSSR count). The molecule has 4 heteroatoms. The number of nitrogens with one attached hydrogen (secondary N) is 1. The molecule has 0 aliphatic carbocycles. The summed E-state index contributed by atoms with van der Waals surface area (Å²) in [5.74, 6) is -1.46. The Morgan fingerprint density at radius 2 is 1.92 bits per heavy atom. The van der Waals surface area contributed by atoms with Crippen LogP contribution in [0, 0.1) is 11.2 Å². The lowest BCUT2D eigenvalue weighted by Gasteiger charge is -1.99. The van der Waals surface area contributed by atoms with E-state index < -0.39 is 11.8 Å². The average molecular weight is 181 g/mol. The number of hydrogen-bond donors (Lipinski definition) is 2. The van der Waals surface area contributed by atoms with Gasteiger partial charge in [-0.1, -0.05) is 12.1 Å². The summed E-state index contributed by atoms with van der Waals surface area (Å²) in [7, 11) is 0. The molecule has 2 N–H and O–H groups in total. The molecule has 0 spiro atoms. The zero-order chi connectivity index (χ0) is 9.84. The van der Waals surface area contributed by atoms with Crippen LogP contribution in [0.1, 0.15) is 12.0 Å². The van der Waals surface area contributed by atoms with Crippen molar-refractivity contribution in [2.75, 3.05) is 0 Å². The van der Waals surface area contributed by atoms with E-state index >= 15 is 0 Å². The van der Waals surface area contributed by atoms with Gasteiger partial charge in [-0.25, -0.2) is 4.39 Å². The molecule has 0 fully saturated rings. The summed E-state index contributed by atoms with van der Waals surface area (Å²) in [5, 5.41) is 15.7. The Kier molecular flexibility index (Phi) is 2.74. The number of aliphatic carboxylic acids is 1. The summed E-state index contributed by atoms with van der Waals surface area (Å²) in [6.07, 6.45) is -0.342. The Morgan fingerprint density at radius 3 is 2.38 bits per heavy atom. The Balaban J connectivity index is 2.78. The quantitative estimate of drug-likeness (QED) is 0.696. The number of carboxylic acid groups (broad SMARTS) is 1. The van der Waals surface area contributed by atoms with Crippen molar-refractivity contribution in [2.45, 2.75) is 6.42 Å². The van der Waals surface area contributed by atoms with Crippen molar-refractivity contribution in [3.8, 4) is 0 Å². The van der Waals surface area contributed by atoms with E-state index in [-0.39, 0.29) is 12.1 Å². The van der Waals surface area contributed by atoms with Gasteiger partial charge in [-0.2, -0.15) is 0 Å². The molecule has 1 aromatic rings. The average Bonchev–Trinajstić information content (AvgIpc) is 2.04. The fourth-order valence-electron chi connectivity index (χ4n) is 0.904. The van der Waals surface area contributed by atoms with Gasteiger partial charge in [0.05, 0.1) is 6.42 Å². The van der Waals surface area contributed by atoms with Gasteiger partial charge in [0.1, 0.15) is 5.82 Å². The minimum Gasteiger partial charge on any atom is -0.481 e. The lowest BCUT2D eigenvalue weighted by Crippen LogP contribution is -2.06. The van der Waals surface area contributed by atoms with Crippen LogP contribution < -0.4 is 0 Å². The normalized spacial score (nSPS) is 9.62. The second-order valence-corrected chi connectivity index (χ2v) is 2.56. The van der Waals surface area contributed by atoms with Crippen LogP contribution in [-0.4, -0.2) is 16.8 Å². The molecule has 0 aromatic heterocycles. The van der Waals surface area contributed by atoms with Gasteiger partial charge in [0.15, 0.2) is 0 Å². The van der Waals surface area contributed by atoms with Crippen LogP contribution in [0.15, 0.2) is 24.3 Å². The zero-order valence-corrected chi connectivity index (χ0v) is 6.75. The van der Waals surface area contributed by atoms with Crippen LogP contribution in [0.3, 0.4) is 0 Å². The van der Waals surface area contributed by atoms with Gasteiger partial charge in [0.2, 0.25) is 0 Å². The summed E-state index contributed by atoms with van der Waals surface area (Å²) < 4.78 is 12.4. The summed E-state index contributed by atoms with van der Waals surface area (Å²) in [6, 6.07) is 5.18. The third kappa shape index (κ3) is 2.66. The summed E-state index contributed by atoms with van der Waals surface area (Å²) in [4.78, 5) is 10.2. The maximum absolute atomic E-state index is 12.4. The molecular formula is C9H8FNO2. The van der Waals surface area contributed by atoms with Crippen LogP contribution in [0.5, 0.6) is 0 Å². The molecular weight excluding hydrogens is 173 g/mol. The van der Waals surface area contributed by atoms with Gasteiger partial charge in [-0.05, 0) is 17.7 Å². The van der Waals surface area contributed by atoms with Crippen molar-refractivity contribution in [1.29, 1.82) is 5.41 Å². The summed E-state index contributed by atoms with van der Waals surface area (Å²) in [5.41, 5.74) is 0.413. The van der Waals surface area contributed by atoms with Crippen molar-refractivity contribution in [3.63, 3.8) is 0 Å². The highest BCUT2D eigenvalue weighted by Gasteiger charge is 2.05. The molecule has 0 atom stereocenters. The lowest BCUT2D eigenvalue weighted by molar-refractivity contribution is -0.135. The van der Waals surface area contributed by atoms with Gasteiger partial charge in [0, 0.05) is 5.71 Å². The van der Waals surface area contributed by atoms with Crippen molar-refractivity contribution in [3.05, 3.63) is 35.6 Å². The molecule has 1 aromatic carbocycles. The Labute approximate surface area is 74.3 Å². The monoisotopic (exact) mass is 181 g/mol. The maximum Gasteiger partial charge on any atom is 0.309 e. The smallest absolute Gasteiger partial charge is 0.309 e. The molecule has 0 aliphatic rings. The molecule has 0 saturated heterocycles. The minimum absolute atomic E-state index is 0.0208. The number of carbonyl (C=O) groups is 1. The third-order valence-electron chi connectivity index (χ3n) is 1.52. The topological polar surface area (TPSA) is 61.2 Å². The van der Waals surface area contributed by atoms with E-state index in [1.165, 1.54) is 24.3 Å². The first-order valence-corrected chi connectivity index (χ1v) is 3.65. The first kappa shape index (κ1) is 9.38. The number of halogens is 1. The Hall–Kier alpha value is -1.71. The van der Waals surface area contributed by atoms with Crippen molar-refractivity contribution < 1.29 is 14.3 Å². The third-order valence-corrected chi connectivity index (χ3v) is 1.52. The highest BCUT2D eigenvalue weighted by molar-refractivity contribution is 6.07. The van der Waals surface area contributed by atoms with E-state index in [1.54, 1.807) is 0 Å². The van der Waals surface area contributed by atoms with Gasteiger partial charge >= 0.3 is 5.97 Å². The Morgan fingerprint density at radius 1 is 1.38 bits per heavy atom. The van der Waals surface area contributed by atoms with Crippen molar-refractivity contribution in [1.82, 2.24) is 0 Å². The lowest BCUT2D eigenvalue weighted by atomic mass is 10.1. The number of benzene rings is 1. The molecule has 0 unspecified atom stereocenters. The first-order valence-electron chi connectivity index (χ1n) is 3.65. The molecule has 0 bridgehead atoms. The highest BCUT2D eigenvalue weighted by Crippen LogP contribution is 2.05. The molecule has 13 heavy (non-hydrogen) atoms. The fraction of sp³-hybridized carbons (Fsp3) is 0.111. The number of carboxylic acids is 1. The van der Waals surface area contributed by atoms with Crippen LogP contribution in [-0.2, 0) is 4.79 Å². The molecule has 68 valence electrons. The molecule has 0 aliphatic heterocycles. The highest BCUT2D eigenvalue weighted by atomic mass is 19.1. The van der Waals surface area contributed by atoms with E-state index in [1.807, 2.05) is 0 Å². The molecule has 0 radical (unpaired) electrons. The van der Waals surface area contributed by atoms with Crippen molar-refractivity contribution >= 4 is 11.7 Å². The van der Waals surface area contributed by atoms with Gasteiger partial charge in [0.25, 0.3) is 0 Å². The summed E-state index contributed by atoms with van der Waals surface area (Å²) in [6.45, 7) is 0. The van der Waals surface area contributed by atoms with Crippen molar-refractivity contribution in [2.24, 2.45) is 0 Å². The molecule has 0 saturated carbocycles. The van der Waals surface area contributed by atoms with E-state index in [0.717, 1.165) is 0 Å². The fourth-order valence-corrected chi connectivity index (χ4v) is 0.904. The summed E-state index contributed by atoms with van der Waals surface area (Å²) >= 11 is 0. The first-order chi connectivity index (χ1) is 6.09. The predicted molar refractivity (Wildman–Crippen MR) is 45.5 cm³/mol. The van der Waals surface area contributed by atoms with E-state index in [4.69, 9.17) is 10.5 Å². The predicted octanol–water partition coefficient (Wildman–Crippen LogP) is 1.67. The van der Waals surface area contributed by atoms with Crippen LogP contribution >= 0.6 is 0 Å². The van der Waals surface area contributed by atoms with Gasteiger partial charge in [-0.15, -0.1) is 0 Å². The van der Waals surface area contributed by atoms with E-state index in [0.29, 0.717) is 5.56 Å². The largest absolute Gasteiger partial charge is 0.481 e. The molecule has 0 amide bonds. The SMILES string of the molecule is N=C(CC(=O)O)c1ccc(F)cc1. The minimum atomic E-state index is -1.06. The molecule has 3 nitrogen and oxygen atoms in total. The standard InChI is InChI=1S/C9H8FNO2/c10-7-3-1-6(2-4-7)8(11)5-9(12)13/h1-4,11H,5H2,(H,12,13). The second-order valence-electron chi connectivity index (χ2n) is 2.56. The Bertz CT molecular complexity index is 332. The zero-order valence-electron chi connectivity index (χ0n) is 6.75. The van der Waals surface area contributed by atoms with E-state index in [2.05, 4.69) is 0 Å². The van der Waals surface area contributed by atoms with E-state index in [9.17, 15) is 9.18 Å². The van der Waals surface area contributed by atoms with Crippen LogP contribution in [0.2, 0.25) is 0 Å². The number of hydrogen-bond acceptors (Lipinski definition) is 2. The number of rotatable bonds is 3. The molecule has 0 heterocycles. The second kappa shape index (κ2) is 3.80. The van der Waals surface area contributed by atoms with Crippen LogP contribution in [0.25, 0.3) is 0 Å². The maximum atomic E-state index is 12.4.